The lowest BCUT2D eigenvalue weighted by molar-refractivity contribution is 0.0961. The van der Waals surface area contributed by atoms with Gasteiger partial charge in [0, 0.05) is 38.8 Å². The molecule has 0 saturated heterocycles. The highest BCUT2D eigenvalue weighted by Crippen LogP contribution is 2.26. The maximum absolute atomic E-state index is 12.9. The highest BCUT2D eigenvalue weighted by molar-refractivity contribution is 5.97. The van der Waals surface area contributed by atoms with Gasteiger partial charge < -0.3 is 19.9 Å². The SMILES string of the molecule is CNC(=O)c1cn(-c2ccc3c(c2)CCC3)c2nc(NCCOC)ncc2c1=O. The number of aromatic nitrogens is 3. The van der Waals surface area contributed by atoms with E-state index in [0.29, 0.717) is 30.1 Å². The highest BCUT2D eigenvalue weighted by atomic mass is 16.5. The lowest BCUT2D eigenvalue weighted by Crippen LogP contribution is -2.27. The lowest BCUT2D eigenvalue weighted by Gasteiger charge is -2.14. The van der Waals surface area contributed by atoms with E-state index in [1.807, 2.05) is 6.07 Å². The van der Waals surface area contributed by atoms with E-state index >= 15 is 0 Å². The first-order chi connectivity index (χ1) is 14.1. The molecule has 1 amide bonds. The fraction of sp³-hybridized carbons (Fsp3) is 0.333. The third kappa shape index (κ3) is 3.58. The number of hydrogen-bond acceptors (Lipinski definition) is 6. The third-order valence-corrected chi connectivity index (χ3v) is 5.17. The molecule has 0 atom stereocenters. The van der Waals surface area contributed by atoms with E-state index in [2.05, 4.69) is 32.7 Å². The van der Waals surface area contributed by atoms with Crippen molar-refractivity contribution < 1.29 is 9.53 Å². The van der Waals surface area contributed by atoms with Gasteiger partial charge in [-0.2, -0.15) is 4.98 Å². The molecule has 29 heavy (non-hydrogen) atoms. The van der Waals surface area contributed by atoms with Gasteiger partial charge in [-0.25, -0.2) is 4.98 Å². The van der Waals surface area contributed by atoms with E-state index in [9.17, 15) is 9.59 Å². The van der Waals surface area contributed by atoms with Gasteiger partial charge in [0.1, 0.15) is 5.56 Å². The molecule has 8 heteroatoms. The monoisotopic (exact) mass is 393 g/mol. The van der Waals surface area contributed by atoms with Crippen LogP contribution in [0.3, 0.4) is 0 Å². The lowest BCUT2D eigenvalue weighted by atomic mass is 10.1. The van der Waals surface area contributed by atoms with Crippen LogP contribution < -0.4 is 16.1 Å². The highest BCUT2D eigenvalue weighted by Gasteiger charge is 2.18. The number of methoxy groups -OCH3 is 1. The average Bonchev–Trinajstić information content (AvgIpc) is 3.21. The number of fused-ring (bicyclic) bond motifs is 2. The van der Waals surface area contributed by atoms with Crippen LogP contribution in [0.25, 0.3) is 16.7 Å². The summed E-state index contributed by atoms with van der Waals surface area (Å²) in [6, 6.07) is 6.22. The maximum Gasteiger partial charge on any atom is 0.256 e. The first-order valence-electron chi connectivity index (χ1n) is 9.62. The summed E-state index contributed by atoms with van der Waals surface area (Å²) in [7, 11) is 3.12. The molecule has 1 aliphatic carbocycles. The van der Waals surface area contributed by atoms with E-state index in [-0.39, 0.29) is 11.0 Å². The average molecular weight is 393 g/mol. The van der Waals surface area contributed by atoms with E-state index < -0.39 is 5.91 Å². The number of anilines is 1. The Morgan fingerprint density at radius 2 is 2.10 bits per heavy atom. The van der Waals surface area contributed by atoms with Crippen molar-refractivity contribution >= 4 is 22.9 Å². The summed E-state index contributed by atoms with van der Waals surface area (Å²) < 4.78 is 6.84. The summed E-state index contributed by atoms with van der Waals surface area (Å²) in [6.45, 7) is 1.05. The first kappa shape index (κ1) is 19.1. The van der Waals surface area contributed by atoms with E-state index in [1.54, 1.807) is 17.9 Å². The third-order valence-electron chi connectivity index (χ3n) is 5.17. The number of ether oxygens (including phenoxy) is 1. The van der Waals surface area contributed by atoms with Crippen LogP contribution in [0.15, 0.2) is 35.4 Å². The van der Waals surface area contributed by atoms with Crippen molar-refractivity contribution in [2.24, 2.45) is 0 Å². The zero-order chi connectivity index (χ0) is 20.4. The molecule has 1 aromatic carbocycles. The fourth-order valence-corrected chi connectivity index (χ4v) is 3.66. The van der Waals surface area contributed by atoms with Gasteiger partial charge in [0.15, 0.2) is 5.65 Å². The molecular weight excluding hydrogens is 370 g/mol. The minimum absolute atomic E-state index is 0.0594. The summed E-state index contributed by atoms with van der Waals surface area (Å²) in [5.74, 6) is -0.0364. The number of benzene rings is 1. The van der Waals surface area contributed by atoms with Crippen molar-refractivity contribution in [2.75, 3.05) is 32.6 Å². The zero-order valence-electron chi connectivity index (χ0n) is 16.5. The van der Waals surface area contributed by atoms with Crippen molar-refractivity contribution in [1.29, 1.82) is 0 Å². The second-order valence-electron chi connectivity index (χ2n) is 6.98. The zero-order valence-corrected chi connectivity index (χ0v) is 16.5. The van der Waals surface area contributed by atoms with Gasteiger partial charge in [0.05, 0.1) is 12.0 Å². The summed E-state index contributed by atoms with van der Waals surface area (Å²) in [4.78, 5) is 34.0. The van der Waals surface area contributed by atoms with Crippen LogP contribution in [-0.2, 0) is 17.6 Å². The van der Waals surface area contributed by atoms with Crippen LogP contribution in [0.4, 0.5) is 5.95 Å². The topological polar surface area (TPSA) is 98.1 Å². The van der Waals surface area contributed by atoms with Crippen LogP contribution in [0.1, 0.15) is 27.9 Å². The number of rotatable bonds is 6. The van der Waals surface area contributed by atoms with Gasteiger partial charge in [-0.1, -0.05) is 6.07 Å². The number of nitrogens with zero attached hydrogens (tertiary/aromatic N) is 3. The second kappa shape index (κ2) is 8.00. The number of carbonyl (C=O) groups is 1. The molecule has 4 rings (SSSR count). The van der Waals surface area contributed by atoms with E-state index in [0.717, 1.165) is 24.9 Å². The molecule has 0 spiro atoms. The van der Waals surface area contributed by atoms with Gasteiger partial charge >= 0.3 is 0 Å². The van der Waals surface area contributed by atoms with Gasteiger partial charge in [-0.15, -0.1) is 0 Å². The summed E-state index contributed by atoms with van der Waals surface area (Å²) in [5, 5.41) is 5.91. The Balaban J connectivity index is 1.91. The molecular formula is C21H23N5O3. The molecule has 0 fully saturated rings. The number of amides is 1. The number of nitrogens with one attached hydrogen (secondary N) is 2. The van der Waals surface area contributed by atoms with Crippen LogP contribution >= 0.6 is 0 Å². The Labute approximate surface area is 167 Å². The number of aryl methyl sites for hydroxylation is 2. The normalized spacial score (nSPS) is 12.8. The van der Waals surface area contributed by atoms with Crippen LogP contribution in [-0.4, -0.2) is 47.8 Å². The number of hydrogen-bond donors (Lipinski definition) is 2. The Kier molecular flexibility index (Phi) is 5.26. The summed E-state index contributed by atoms with van der Waals surface area (Å²) in [5.41, 5.74) is 3.63. The Morgan fingerprint density at radius 1 is 1.28 bits per heavy atom. The molecule has 0 unspecified atom stereocenters. The minimum Gasteiger partial charge on any atom is -0.383 e. The molecule has 150 valence electrons. The predicted molar refractivity (Wildman–Crippen MR) is 111 cm³/mol. The molecule has 8 nitrogen and oxygen atoms in total. The predicted octanol–water partition coefficient (Wildman–Crippen LogP) is 1.69. The molecule has 0 saturated carbocycles. The van der Waals surface area contributed by atoms with Crippen LogP contribution in [0.2, 0.25) is 0 Å². The van der Waals surface area contributed by atoms with E-state index in [1.165, 1.54) is 24.4 Å². The molecule has 0 aliphatic heterocycles. The van der Waals surface area contributed by atoms with Gasteiger partial charge in [0.25, 0.3) is 5.91 Å². The summed E-state index contributed by atoms with van der Waals surface area (Å²) >= 11 is 0. The maximum atomic E-state index is 12.9. The smallest absolute Gasteiger partial charge is 0.256 e. The van der Waals surface area contributed by atoms with Crippen molar-refractivity contribution in [3.63, 3.8) is 0 Å². The van der Waals surface area contributed by atoms with Gasteiger partial charge in [0.2, 0.25) is 11.4 Å². The first-order valence-corrected chi connectivity index (χ1v) is 9.62. The number of pyridine rings is 1. The molecule has 3 aromatic rings. The van der Waals surface area contributed by atoms with Crippen molar-refractivity contribution in [3.05, 3.63) is 57.5 Å². The number of carbonyl (C=O) groups excluding carboxylic acids is 1. The van der Waals surface area contributed by atoms with Gasteiger partial charge in [-0.3, -0.25) is 9.59 Å². The minimum atomic E-state index is -0.436. The molecule has 2 heterocycles. The largest absolute Gasteiger partial charge is 0.383 e. The molecule has 2 N–H and O–H groups in total. The molecule has 2 aromatic heterocycles. The molecule has 0 radical (unpaired) electrons. The Morgan fingerprint density at radius 3 is 2.90 bits per heavy atom. The summed E-state index contributed by atoms with van der Waals surface area (Å²) in [6.07, 6.45) is 6.29. The van der Waals surface area contributed by atoms with Crippen molar-refractivity contribution in [2.45, 2.75) is 19.3 Å². The standard InChI is InChI=1S/C21H23N5O3/c1-22-20(28)17-12-26(15-7-6-13-4-3-5-14(13)10-15)19-16(18(17)27)11-24-21(25-19)23-8-9-29-2/h6-7,10-12H,3-5,8-9H2,1-2H3,(H,22,28)(H,23,24,25). The van der Waals surface area contributed by atoms with Crippen molar-refractivity contribution in [3.8, 4) is 5.69 Å². The second-order valence-corrected chi connectivity index (χ2v) is 6.98. The van der Waals surface area contributed by atoms with E-state index in [4.69, 9.17) is 4.74 Å². The fourth-order valence-electron chi connectivity index (χ4n) is 3.66. The van der Waals surface area contributed by atoms with Gasteiger partial charge in [-0.05, 0) is 42.5 Å². The van der Waals surface area contributed by atoms with Crippen LogP contribution in [0.5, 0.6) is 0 Å². The van der Waals surface area contributed by atoms with Crippen molar-refractivity contribution in [1.82, 2.24) is 19.9 Å². The molecule has 1 aliphatic rings. The Hall–Kier alpha value is -3.26. The molecule has 0 bridgehead atoms. The van der Waals surface area contributed by atoms with Crippen LogP contribution in [0, 0.1) is 0 Å². The quantitative estimate of drug-likeness (QED) is 0.619. The Bertz CT molecular complexity index is 1140.